The molecule has 0 spiro atoms. The number of fused-ring (bicyclic) bond motifs is 2. The number of nitrogens with zero attached hydrogens (tertiary/aromatic N) is 2. The lowest BCUT2D eigenvalue weighted by Crippen LogP contribution is -2.25. The maximum Gasteiger partial charge on any atom is 0.349 e. The Balaban J connectivity index is 1.38. The fraction of sp³-hybridized carbons (Fsp3) is 0.425. The quantitative estimate of drug-likeness (QED) is 0.0604. The molecule has 5 aromatic rings. The van der Waals surface area contributed by atoms with Gasteiger partial charge in [0.05, 0.1) is 42.0 Å². The molecule has 0 aliphatic carbocycles. The molecule has 10 nitrogen and oxygen atoms in total. The van der Waals surface area contributed by atoms with Crippen LogP contribution in [0, 0.1) is 12.8 Å². The summed E-state index contributed by atoms with van der Waals surface area (Å²) in [6.45, 7) is 14.3. The third kappa shape index (κ3) is 9.20. The van der Waals surface area contributed by atoms with Crippen molar-refractivity contribution in [3.8, 4) is 11.5 Å². The number of carbonyl (C=O) groups excluding carboxylic acids is 1. The van der Waals surface area contributed by atoms with E-state index < -0.39 is 22.5 Å². The highest BCUT2D eigenvalue weighted by Crippen LogP contribution is 2.51. The molecule has 11 heteroatoms. The molecule has 0 radical (unpaired) electrons. The van der Waals surface area contributed by atoms with Crippen LogP contribution in [0.15, 0.2) is 80.4 Å². The number of hydrogen-bond donors (Lipinski definition) is 0. The summed E-state index contributed by atoms with van der Waals surface area (Å²) in [5.41, 5.74) is 4.50. The van der Waals surface area contributed by atoms with E-state index in [1.165, 1.54) is 18.4 Å². The molecule has 0 fully saturated rings. The largest absolute Gasteiger partial charge is 0.461 e. The summed E-state index contributed by atoms with van der Waals surface area (Å²) in [4.78, 5) is 33.2. The van der Waals surface area contributed by atoms with Crippen LogP contribution < -0.4 is 10.5 Å². The van der Waals surface area contributed by atoms with Gasteiger partial charge in [-0.3, -0.25) is 12.5 Å². The summed E-state index contributed by atoms with van der Waals surface area (Å²) in [7, 11) is -2.28. The molecule has 0 saturated carbocycles. The summed E-state index contributed by atoms with van der Waals surface area (Å²) in [5.74, 6) is 0.378. The fourth-order valence-electron chi connectivity index (χ4n) is 6.11. The van der Waals surface area contributed by atoms with Crippen molar-refractivity contribution in [1.29, 1.82) is 0 Å². The van der Waals surface area contributed by atoms with Crippen molar-refractivity contribution in [3.05, 3.63) is 88.3 Å². The molecule has 0 bridgehead atoms. The maximum atomic E-state index is 13.4. The van der Waals surface area contributed by atoms with Crippen molar-refractivity contribution in [2.75, 3.05) is 43.6 Å². The molecule has 0 saturated heterocycles. The molecular formula is C40H50N2O8S. The molecule has 51 heavy (non-hydrogen) atoms. The van der Waals surface area contributed by atoms with Crippen LogP contribution in [0.4, 0.5) is 11.4 Å². The predicted molar refractivity (Wildman–Crippen MR) is 205 cm³/mol. The Hall–Kier alpha value is -4.16. The third-order valence-electron chi connectivity index (χ3n) is 8.73. The van der Waals surface area contributed by atoms with Gasteiger partial charge in [-0.15, -0.1) is 0 Å². The van der Waals surface area contributed by atoms with Crippen molar-refractivity contribution < 1.29 is 30.9 Å². The number of aromatic nitrogens is 1. The molecule has 0 N–H and O–H groups in total. The molecule has 2 aromatic heterocycles. The van der Waals surface area contributed by atoms with Crippen LogP contribution in [0.25, 0.3) is 33.5 Å². The molecule has 0 aliphatic heterocycles. The predicted octanol–water partition coefficient (Wildman–Crippen LogP) is 10.1. The SMILES string of the molecule is CCCCC(CC)CN(c1ccc2cc(-c3nc4ccc(C(=O)OCCS(OCC)(OCC)OCC)cc4o3)c(=O)oc2c1)c1ccccc1C. The lowest BCUT2D eigenvalue weighted by molar-refractivity contribution is 0.0521. The second-order valence-electron chi connectivity index (χ2n) is 12.3. The zero-order valence-corrected chi connectivity index (χ0v) is 31.4. The van der Waals surface area contributed by atoms with Gasteiger partial charge < -0.3 is 18.5 Å². The van der Waals surface area contributed by atoms with Crippen LogP contribution in [0.2, 0.25) is 0 Å². The number of rotatable bonds is 19. The number of anilines is 2. The Labute approximate surface area is 302 Å². The lowest BCUT2D eigenvalue weighted by atomic mass is 9.97. The van der Waals surface area contributed by atoms with Gasteiger partial charge in [-0.2, -0.15) is 0 Å². The highest BCUT2D eigenvalue weighted by molar-refractivity contribution is 8.21. The lowest BCUT2D eigenvalue weighted by Gasteiger charge is -2.36. The van der Waals surface area contributed by atoms with Gasteiger partial charge in [0, 0.05) is 29.4 Å². The third-order valence-corrected chi connectivity index (χ3v) is 11.2. The number of benzene rings is 3. The first-order valence-electron chi connectivity index (χ1n) is 18.0. The number of oxazole rings is 1. The Morgan fingerprint density at radius 2 is 1.63 bits per heavy atom. The molecule has 1 atom stereocenters. The van der Waals surface area contributed by atoms with Gasteiger partial charge in [0.25, 0.3) is 0 Å². The minimum absolute atomic E-state index is 0.0501. The molecule has 274 valence electrons. The fourth-order valence-corrected chi connectivity index (χ4v) is 8.03. The number of aryl methyl sites for hydroxylation is 1. The Kier molecular flexibility index (Phi) is 13.3. The molecule has 5 rings (SSSR count). The number of esters is 1. The van der Waals surface area contributed by atoms with E-state index in [4.69, 9.17) is 26.1 Å². The summed E-state index contributed by atoms with van der Waals surface area (Å²) < 4.78 is 34.8. The molecule has 3 aromatic carbocycles. The Morgan fingerprint density at radius 1 is 0.882 bits per heavy atom. The van der Waals surface area contributed by atoms with Crippen LogP contribution in [0.1, 0.15) is 76.2 Å². The molecule has 1 unspecified atom stereocenters. The smallest absolute Gasteiger partial charge is 0.349 e. The normalized spacial score (nSPS) is 12.7. The monoisotopic (exact) mass is 718 g/mol. The van der Waals surface area contributed by atoms with Gasteiger partial charge in [0.15, 0.2) is 5.58 Å². The van der Waals surface area contributed by atoms with E-state index in [2.05, 4.69) is 54.9 Å². The standard InChI is InChI=1S/C40H50N2O8S/c1-7-12-16-29(8-2)27-42(35-17-14-13-15-28(35)6)32-20-18-30-24-33(40(44)50-36(30)26-32)38-41-34-21-19-31(25-37(34)49-38)39(43)45-22-23-51(46-9-3,47-10-4)48-11-5/h13-15,17-21,24-26,29H,7-12,16,22-23,27H2,1-6H3. The van der Waals surface area contributed by atoms with Gasteiger partial charge in [0.1, 0.15) is 23.3 Å². The number of ether oxygens (including phenoxy) is 1. The van der Waals surface area contributed by atoms with Crippen LogP contribution in [0.3, 0.4) is 0 Å². The number of para-hydroxylation sites is 1. The number of hydrogen-bond acceptors (Lipinski definition) is 10. The van der Waals surface area contributed by atoms with Crippen LogP contribution in [0.5, 0.6) is 0 Å². The van der Waals surface area contributed by atoms with Crippen molar-refractivity contribution >= 4 is 50.3 Å². The van der Waals surface area contributed by atoms with E-state index in [1.807, 2.05) is 39.0 Å². The van der Waals surface area contributed by atoms with E-state index in [1.54, 1.807) is 24.3 Å². The molecule has 0 amide bonds. The first-order chi connectivity index (χ1) is 24.7. The van der Waals surface area contributed by atoms with E-state index in [-0.39, 0.29) is 29.4 Å². The number of unbranched alkanes of at least 4 members (excludes halogenated alkanes) is 1. The van der Waals surface area contributed by atoms with Crippen LogP contribution in [-0.4, -0.2) is 49.7 Å². The van der Waals surface area contributed by atoms with E-state index in [0.29, 0.717) is 42.4 Å². The van der Waals surface area contributed by atoms with Crippen molar-refractivity contribution in [3.63, 3.8) is 0 Å². The highest BCUT2D eigenvalue weighted by atomic mass is 32.3. The summed E-state index contributed by atoms with van der Waals surface area (Å²) in [5, 5.41) is 0.743. The van der Waals surface area contributed by atoms with Crippen LogP contribution in [-0.2, 0) is 17.3 Å². The van der Waals surface area contributed by atoms with E-state index >= 15 is 0 Å². The summed E-state index contributed by atoms with van der Waals surface area (Å²) >= 11 is 0. The Bertz CT molecular complexity index is 1950. The number of carbonyl (C=O) groups is 1. The molecule has 0 aliphatic rings. The molecule has 2 heterocycles. The van der Waals surface area contributed by atoms with Crippen LogP contribution >= 0.6 is 10.9 Å². The molecular weight excluding hydrogens is 669 g/mol. The van der Waals surface area contributed by atoms with Crippen molar-refractivity contribution in [2.45, 2.75) is 67.2 Å². The average molecular weight is 719 g/mol. The first kappa shape index (κ1) is 38.1. The van der Waals surface area contributed by atoms with E-state index in [0.717, 1.165) is 36.1 Å². The van der Waals surface area contributed by atoms with Gasteiger partial charge in [-0.1, -0.05) is 51.3 Å². The topological polar surface area (TPSA) is 113 Å². The minimum atomic E-state index is -2.28. The van der Waals surface area contributed by atoms with Gasteiger partial charge in [0.2, 0.25) is 5.89 Å². The second kappa shape index (κ2) is 17.9. The van der Waals surface area contributed by atoms with Gasteiger partial charge in [-0.25, -0.2) is 14.6 Å². The first-order valence-corrected chi connectivity index (χ1v) is 19.6. The average Bonchev–Trinajstić information content (AvgIpc) is 3.55. The minimum Gasteiger partial charge on any atom is -0.461 e. The Morgan fingerprint density at radius 3 is 2.31 bits per heavy atom. The summed E-state index contributed by atoms with van der Waals surface area (Å²) in [6.07, 6.45) is 4.60. The zero-order valence-electron chi connectivity index (χ0n) is 30.6. The van der Waals surface area contributed by atoms with Gasteiger partial charge in [-0.05, 0) is 88.1 Å². The van der Waals surface area contributed by atoms with Crippen molar-refractivity contribution in [1.82, 2.24) is 4.98 Å². The van der Waals surface area contributed by atoms with Crippen molar-refractivity contribution in [2.24, 2.45) is 5.92 Å². The van der Waals surface area contributed by atoms with Gasteiger partial charge >= 0.3 is 11.6 Å². The summed E-state index contributed by atoms with van der Waals surface area (Å²) in [6, 6.07) is 20.9. The van der Waals surface area contributed by atoms with E-state index in [9.17, 15) is 9.59 Å². The maximum absolute atomic E-state index is 13.4. The zero-order chi connectivity index (χ0) is 36.4. The highest BCUT2D eigenvalue weighted by Gasteiger charge is 2.27. The second-order valence-corrected chi connectivity index (χ2v) is 14.5.